The van der Waals surface area contributed by atoms with Crippen LogP contribution in [0.25, 0.3) is 0 Å². The second-order valence-corrected chi connectivity index (χ2v) is 4.70. The van der Waals surface area contributed by atoms with Crippen LogP contribution < -0.4 is 0 Å². The van der Waals surface area contributed by atoms with Crippen molar-refractivity contribution in [2.24, 2.45) is 0 Å². The first-order valence-electron chi connectivity index (χ1n) is 4.49. The summed E-state index contributed by atoms with van der Waals surface area (Å²) in [6, 6.07) is 10.7. The molecule has 0 aliphatic heterocycles. The molecule has 0 saturated heterocycles. The lowest BCUT2D eigenvalue weighted by molar-refractivity contribution is 0.639. The van der Waals surface area contributed by atoms with Crippen molar-refractivity contribution in [2.75, 3.05) is 0 Å². The molecule has 2 aromatic rings. The lowest BCUT2D eigenvalue weighted by Gasteiger charge is -2.13. The summed E-state index contributed by atoms with van der Waals surface area (Å²) in [6.07, 6.45) is 2.05. The van der Waals surface area contributed by atoms with E-state index in [9.17, 15) is 0 Å². The van der Waals surface area contributed by atoms with Gasteiger partial charge in [0.25, 0.3) is 0 Å². The maximum Gasteiger partial charge on any atom is 0.161 e. The predicted octanol–water partition coefficient (Wildman–Crippen LogP) is 3.89. The van der Waals surface area contributed by atoms with Gasteiger partial charge in [0.1, 0.15) is 0 Å². The van der Waals surface area contributed by atoms with Crippen LogP contribution in [0.15, 0.2) is 41.9 Å². The number of aromatic nitrogens is 1. The zero-order valence-corrected chi connectivity index (χ0v) is 9.52. The molecule has 0 aliphatic rings. The molecule has 0 saturated carbocycles. The summed E-state index contributed by atoms with van der Waals surface area (Å²) < 4.78 is 3.05. The van der Waals surface area contributed by atoms with Gasteiger partial charge in [0, 0.05) is 11.6 Å². The highest BCUT2D eigenvalue weighted by molar-refractivity contribution is 7.73. The Kier molecular flexibility index (Phi) is 2.79. The summed E-state index contributed by atoms with van der Waals surface area (Å²) in [5.74, 6) is 0. The van der Waals surface area contributed by atoms with Crippen LogP contribution >= 0.6 is 23.6 Å². The normalized spacial score (nSPS) is 12.6. The Hall–Kier alpha value is -0.930. The Morgan fingerprint density at radius 2 is 2.00 bits per heavy atom. The Balaban J connectivity index is 2.39. The van der Waals surface area contributed by atoms with Crippen molar-refractivity contribution in [3.8, 4) is 0 Å². The van der Waals surface area contributed by atoms with Gasteiger partial charge in [-0.1, -0.05) is 30.3 Å². The molecular formula is C11H11NS2. The van der Waals surface area contributed by atoms with E-state index in [1.807, 2.05) is 17.6 Å². The van der Waals surface area contributed by atoms with Crippen LogP contribution in [-0.2, 0) is 0 Å². The summed E-state index contributed by atoms with van der Waals surface area (Å²) in [4.78, 5) is 0. The van der Waals surface area contributed by atoms with E-state index in [1.54, 1.807) is 11.3 Å². The van der Waals surface area contributed by atoms with Gasteiger partial charge in [0.05, 0.1) is 6.04 Å². The first kappa shape index (κ1) is 9.62. The molecule has 0 bridgehead atoms. The van der Waals surface area contributed by atoms with Gasteiger partial charge in [0.2, 0.25) is 0 Å². The monoisotopic (exact) mass is 221 g/mol. The van der Waals surface area contributed by atoms with E-state index in [-0.39, 0.29) is 0 Å². The molecule has 0 radical (unpaired) electrons. The lowest BCUT2D eigenvalue weighted by atomic mass is 10.1. The summed E-state index contributed by atoms with van der Waals surface area (Å²) in [6.45, 7) is 2.16. The standard InChI is InChI=1S/C11H11NS2/c1-9(10-5-3-2-4-6-10)12-7-8-14-11(12)13/h2-9H,1H3/t9-/m0/s1. The van der Waals surface area contributed by atoms with Crippen molar-refractivity contribution in [2.45, 2.75) is 13.0 Å². The fourth-order valence-corrected chi connectivity index (χ4v) is 2.49. The largest absolute Gasteiger partial charge is 0.323 e. The van der Waals surface area contributed by atoms with Crippen molar-refractivity contribution in [3.63, 3.8) is 0 Å². The molecule has 0 aliphatic carbocycles. The van der Waals surface area contributed by atoms with Gasteiger partial charge in [-0.15, -0.1) is 11.3 Å². The Morgan fingerprint density at radius 3 is 2.57 bits per heavy atom. The molecule has 0 N–H and O–H groups in total. The Labute approximate surface area is 92.6 Å². The predicted molar refractivity (Wildman–Crippen MR) is 63.4 cm³/mol. The van der Waals surface area contributed by atoms with Gasteiger partial charge in [0.15, 0.2) is 3.95 Å². The zero-order valence-electron chi connectivity index (χ0n) is 7.88. The molecule has 1 aromatic carbocycles. The smallest absolute Gasteiger partial charge is 0.161 e. The van der Waals surface area contributed by atoms with E-state index >= 15 is 0 Å². The third-order valence-corrected chi connectivity index (χ3v) is 3.47. The molecule has 14 heavy (non-hydrogen) atoms. The molecule has 0 amide bonds. The molecule has 0 spiro atoms. The first-order valence-corrected chi connectivity index (χ1v) is 5.78. The molecule has 0 unspecified atom stereocenters. The summed E-state index contributed by atoms with van der Waals surface area (Å²) in [5.41, 5.74) is 1.29. The van der Waals surface area contributed by atoms with Crippen LogP contribution in [0.1, 0.15) is 18.5 Å². The quantitative estimate of drug-likeness (QED) is 0.696. The van der Waals surface area contributed by atoms with Crippen molar-refractivity contribution in [1.82, 2.24) is 4.57 Å². The van der Waals surface area contributed by atoms with Crippen LogP contribution in [-0.4, -0.2) is 4.57 Å². The van der Waals surface area contributed by atoms with Crippen molar-refractivity contribution in [1.29, 1.82) is 0 Å². The molecule has 1 atom stereocenters. The van der Waals surface area contributed by atoms with Gasteiger partial charge in [-0.3, -0.25) is 0 Å². The van der Waals surface area contributed by atoms with Gasteiger partial charge < -0.3 is 4.57 Å². The number of benzene rings is 1. The van der Waals surface area contributed by atoms with E-state index in [0.29, 0.717) is 6.04 Å². The minimum atomic E-state index is 0.329. The Bertz CT molecular complexity index is 455. The maximum absolute atomic E-state index is 5.24. The Morgan fingerprint density at radius 1 is 1.29 bits per heavy atom. The number of hydrogen-bond acceptors (Lipinski definition) is 2. The van der Waals surface area contributed by atoms with E-state index < -0.39 is 0 Å². The number of rotatable bonds is 2. The molecule has 1 aromatic heterocycles. The number of hydrogen-bond donors (Lipinski definition) is 0. The van der Waals surface area contributed by atoms with Gasteiger partial charge >= 0.3 is 0 Å². The summed E-state index contributed by atoms with van der Waals surface area (Å²) >= 11 is 6.85. The number of nitrogens with zero attached hydrogens (tertiary/aromatic N) is 1. The first-order chi connectivity index (χ1) is 6.79. The minimum absolute atomic E-state index is 0.329. The van der Waals surface area contributed by atoms with Crippen LogP contribution in [0, 0.1) is 3.95 Å². The van der Waals surface area contributed by atoms with E-state index in [2.05, 4.69) is 35.8 Å². The zero-order chi connectivity index (χ0) is 9.97. The third-order valence-electron chi connectivity index (χ3n) is 2.30. The average Bonchev–Trinajstić information content (AvgIpc) is 2.65. The fraction of sp³-hybridized carbons (Fsp3) is 0.182. The second-order valence-electron chi connectivity index (χ2n) is 3.16. The summed E-state index contributed by atoms with van der Waals surface area (Å²) in [5, 5.41) is 2.03. The lowest BCUT2D eigenvalue weighted by Crippen LogP contribution is -2.04. The average molecular weight is 221 g/mol. The highest BCUT2D eigenvalue weighted by atomic mass is 32.1. The number of thiazole rings is 1. The molecule has 3 heteroatoms. The van der Waals surface area contributed by atoms with E-state index in [4.69, 9.17) is 12.2 Å². The molecule has 1 nitrogen and oxygen atoms in total. The highest BCUT2D eigenvalue weighted by Gasteiger charge is 2.06. The van der Waals surface area contributed by atoms with Crippen LogP contribution in [0.3, 0.4) is 0 Å². The van der Waals surface area contributed by atoms with Crippen molar-refractivity contribution >= 4 is 23.6 Å². The highest BCUT2D eigenvalue weighted by Crippen LogP contribution is 2.19. The van der Waals surface area contributed by atoms with E-state index in [0.717, 1.165) is 3.95 Å². The minimum Gasteiger partial charge on any atom is -0.323 e. The molecule has 0 fully saturated rings. The van der Waals surface area contributed by atoms with Crippen molar-refractivity contribution < 1.29 is 0 Å². The maximum atomic E-state index is 5.24. The topological polar surface area (TPSA) is 4.93 Å². The molecule has 72 valence electrons. The fourth-order valence-electron chi connectivity index (χ4n) is 1.46. The van der Waals surface area contributed by atoms with Crippen molar-refractivity contribution in [3.05, 3.63) is 51.4 Å². The summed E-state index contributed by atoms with van der Waals surface area (Å²) in [7, 11) is 0. The van der Waals surface area contributed by atoms with Crippen LogP contribution in [0.4, 0.5) is 0 Å². The second kappa shape index (κ2) is 4.07. The SMILES string of the molecule is C[C@@H](c1ccccc1)n1ccsc1=S. The van der Waals surface area contributed by atoms with Gasteiger partial charge in [-0.05, 0) is 24.7 Å². The molecular weight excluding hydrogens is 210 g/mol. The van der Waals surface area contributed by atoms with Gasteiger partial charge in [-0.25, -0.2) is 0 Å². The van der Waals surface area contributed by atoms with Crippen LogP contribution in [0.2, 0.25) is 0 Å². The third kappa shape index (κ3) is 1.79. The molecule has 2 rings (SSSR count). The van der Waals surface area contributed by atoms with Gasteiger partial charge in [-0.2, -0.15) is 0 Å². The van der Waals surface area contributed by atoms with E-state index in [1.165, 1.54) is 5.56 Å². The van der Waals surface area contributed by atoms with Crippen LogP contribution in [0.5, 0.6) is 0 Å². The molecule has 1 heterocycles.